The summed E-state index contributed by atoms with van der Waals surface area (Å²) in [7, 11) is -2.84. The number of likely N-dealkylation sites (N-methyl/N-ethyl adjacent to an activating group) is 1. The summed E-state index contributed by atoms with van der Waals surface area (Å²) in [4.78, 5) is 11.4. The first-order chi connectivity index (χ1) is 9.72. The Morgan fingerprint density at radius 2 is 1.62 bits per heavy atom. The van der Waals surface area contributed by atoms with Gasteiger partial charge in [0.05, 0.1) is 26.1 Å². The van der Waals surface area contributed by atoms with E-state index in [0.29, 0.717) is 24.2 Å². The predicted octanol–water partition coefficient (Wildman–Crippen LogP) is 0.950. The van der Waals surface area contributed by atoms with Gasteiger partial charge in [0.1, 0.15) is 26.3 Å². The van der Waals surface area contributed by atoms with E-state index in [9.17, 15) is 13.2 Å². The van der Waals surface area contributed by atoms with Crippen molar-refractivity contribution in [3.05, 3.63) is 0 Å². The van der Waals surface area contributed by atoms with Gasteiger partial charge in [-0.25, -0.2) is 4.18 Å². The summed E-state index contributed by atoms with van der Waals surface area (Å²) in [5.74, 6) is -0.371. The van der Waals surface area contributed by atoms with Gasteiger partial charge in [0.2, 0.25) is 0 Å². The molecule has 126 valence electrons. The van der Waals surface area contributed by atoms with Crippen molar-refractivity contribution in [3.63, 3.8) is 0 Å². The summed E-state index contributed by atoms with van der Waals surface area (Å²) < 4.78 is 37.0. The molecule has 0 aliphatic heterocycles. The largest absolute Gasteiger partial charge is 0.459 e. The van der Waals surface area contributed by atoms with Gasteiger partial charge >= 0.3 is 16.4 Å². The molecule has 0 aromatic rings. The van der Waals surface area contributed by atoms with Gasteiger partial charge in [-0.1, -0.05) is 13.8 Å². The first-order valence-electron chi connectivity index (χ1n) is 7.18. The van der Waals surface area contributed by atoms with Crippen LogP contribution in [0.15, 0.2) is 0 Å². The van der Waals surface area contributed by atoms with Crippen molar-refractivity contribution >= 4 is 16.4 Å². The van der Waals surface area contributed by atoms with E-state index in [4.69, 9.17) is 8.92 Å². The number of ether oxygens (including phenoxy) is 1. The maximum Gasteiger partial charge on any atom is 0.399 e. The molecule has 8 heteroatoms. The number of carbonyl (C=O) groups excluding carboxylic acids is 1. The molecule has 0 atom stereocenters. The molecular formula is C13H28NO6S+. The summed E-state index contributed by atoms with van der Waals surface area (Å²) in [6, 6.07) is 0. The molecule has 0 bridgehead atoms. The van der Waals surface area contributed by atoms with Crippen LogP contribution in [-0.2, 0) is 28.3 Å². The number of carbonyl (C=O) groups is 1. The maximum atomic E-state index is 11.4. The van der Waals surface area contributed by atoms with Gasteiger partial charge in [-0.05, 0) is 13.8 Å². The summed E-state index contributed by atoms with van der Waals surface area (Å²) in [6.07, 6.45) is 0. The van der Waals surface area contributed by atoms with Crippen molar-refractivity contribution in [2.45, 2.75) is 27.7 Å². The lowest BCUT2D eigenvalue weighted by Crippen LogP contribution is -2.52. The summed E-state index contributed by atoms with van der Waals surface area (Å²) in [5.41, 5.74) is 0. The second-order valence-electron chi connectivity index (χ2n) is 5.14. The molecule has 0 N–H and O–H groups in total. The maximum absolute atomic E-state index is 11.4. The van der Waals surface area contributed by atoms with Gasteiger partial charge in [0.25, 0.3) is 0 Å². The molecule has 0 fully saturated rings. The zero-order valence-electron chi connectivity index (χ0n) is 13.6. The number of hydrogen-bond donors (Lipinski definition) is 0. The second-order valence-corrected chi connectivity index (χ2v) is 6.53. The lowest BCUT2D eigenvalue weighted by atomic mass is 10.2. The Morgan fingerprint density at radius 1 is 1.10 bits per heavy atom. The Labute approximate surface area is 128 Å². The van der Waals surface area contributed by atoms with Crippen molar-refractivity contribution in [2.75, 3.05) is 46.5 Å². The van der Waals surface area contributed by atoms with Crippen molar-refractivity contribution in [3.8, 4) is 0 Å². The highest BCUT2D eigenvalue weighted by Gasteiger charge is 2.25. The highest BCUT2D eigenvalue weighted by Crippen LogP contribution is 2.08. The second kappa shape index (κ2) is 9.34. The molecule has 0 radical (unpaired) electrons. The number of quaternary nitrogens is 1. The molecule has 0 spiro atoms. The smallest absolute Gasteiger partial charge is 0.399 e. The standard InChI is InChI=1S/C13H28NO6S/c1-6-14(7-2,8-10-19-13(15)12(3)4)9-11-20-21(16,17)18-5/h12H,6-11H2,1-5H3/q+1. The molecule has 0 saturated carbocycles. The van der Waals surface area contributed by atoms with Crippen LogP contribution in [0.4, 0.5) is 0 Å². The fourth-order valence-corrected chi connectivity index (χ4v) is 2.23. The minimum absolute atomic E-state index is 0.0377. The molecule has 0 aromatic heterocycles. The van der Waals surface area contributed by atoms with Gasteiger partial charge in [-0.2, -0.15) is 8.42 Å². The molecule has 0 aliphatic rings. The quantitative estimate of drug-likeness (QED) is 0.415. The number of esters is 1. The normalized spacial score (nSPS) is 12.7. The number of hydrogen-bond acceptors (Lipinski definition) is 6. The van der Waals surface area contributed by atoms with Crippen LogP contribution >= 0.6 is 0 Å². The van der Waals surface area contributed by atoms with E-state index in [0.717, 1.165) is 20.2 Å². The van der Waals surface area contributed by atoms with Crippen molar-refractivity contribution in [1.29, 1.82) is 0 Å². The van der Waals surface area contributed by atoms with Crippen LogP contribution < -0.4 is 0 Å². The minimum atomic E-state index is -3.90. The third-order valence-electron chi connectivity index (χ3n) is 3.62. The third-order valence-corrected chi connectivity index (χ3v) is 4.48. The van der Waals surface area contributed by atoms with Crippen molar-refractivity contribution < 1.29 is 30.8 Å². The summed E-state index contributed by atoms with van der Waals surface area (Å²) in [6.45, 7) is 10.7. The van der Waals surface area contributed by atoms with Gasteiger partial charge in [-0.15, -0.1) is 0 Å². The Hall–Kier alpha value is -0.700. The van der Waals surface area contributed by atoms with Crippen molar-refractivity contribution in [1.82, 2.24) is 0 Å². The molecule has 0 unspecified atom stereocenters. The molecule has 0 aromatic carbocycles. The van der Waals surface area contributed by atoms with Crippen molar-refractivity contribution in [2.24, 2.45) is 5.92 Å². The Morgan fingerprint density at radius 3 is 2.05 bits per heavy atom. The zero-order valence-corrected chi connectivity index (χ0v) is 14.4. The van der Waals surface area contributed by atoms with Gasteiger partial charge in [0.15, 0.2) is 0 Å². The Kier molecular flexibility index (Phi) is 9.03. The molecule has 0 saturated heterocycles. The summed E-state index contributed by atoms with van der Waals surface area (Å²) >= 11 is 0. The average Bonchev–Trinajstić information content (AvgIpc) is 2.45. The van der Waals surface area contributed by atoms with E-state index in [1.165, 1.54) is 0 Å². The lowest BCUT2D eigenvalue weighted by Gasteiger charge is -2.36. The van der Waals surface area contributed by atoms with Gasteiger partial charge in [0, 0.05) is 0 Å². The van der Waals surface area contributed by atoms with Crippen LogP contribution in [0.25, 0.3) is 0 Å². The van der Waals surface area contributed by atoms with E-state index in [2.05, 4.69) is 4.18 Å². The Bertz CT molecular complexity index is 403. The Balaban J connectivity index is 4.39. The van der Waals surface area contributed by atoms with E-state index in [-0.39, 0.29) is 18.5 Å². The van der Waals surface area contributed by atoms with Crippen LogP contribution in [0.5, 0.6) is 0 Å². The monoisotopic (exact) mass is 326 g/mol. The third kappa shape index (κ3) is 7.75. The van der Waals surface area contributed by atoms with E-state index >= 15 is 0 Å². The fraction of sp³-hybridized carbons (Fsp3) is 0.923. The highest BCUT2D eigenvalue weighted by atomic mass is 32.3. The lowest BCUT2D eigenvalue weighted by molar-refractivity contribution is -0.925. The van der Waals surface area contributed by atoms with Gasteiger partial charge in [-0.3, -0.25) is 8.98 Å². The van der Waals surface area contributed by atoms with E-state index in [1.807, 2.05) is 13.8 Å². The first kappa shape index (κ1) is 20.3. The molecule has 0 heterocycles. The number of rotatable bonds is 11. The molecule has 21 heavy (non-hydrogen) atoms. The van der Waals surface area contributed by atoms with Crippen LogP contribution in [0.1, 0.15) is 27.7 Å². The van der Waals surface area contributed by atoms with Crippen LogP contribution in [-0.4, -0.2) is 65.4 Å². The fourth-order valence-electron chi connectivity index (χ4n) is 1.86. The van der Waals surface area contributed by atoms with Gasteiger partial charge < -0.3 is 9.22 Å². The minimum Gasteiger partial charge on any atom is -0.459 e. The zero-order chi connectivity index (χ0) is 16.5. The van der Waals surface area contributed by atoms with E-state index in [1.54, 1.807) is 13.8 Å². The van der Waals surface area contributed by atoms with Crippen LogP contribution in [0, 0.1) is 5.92 Å². The highest BCUT2D eigenvalue weighted by molar-refractivity contribution is 7.81. The molecule has 0 rings (SSSR count). The molecule has 0 amide bonds. The summed E-state index contributed by atoms with van der Waals surface area (Å²) in [5, 5.41) is 0. The topological polar surface area (TPSA) is 78.9 Å². The molecule has 7 nitrogen and oxygen atoms in total. The average molecular weight is 326 g/mol. The predicted molar refractivity (Wildman–Crippen MR) is 78.8 cm³/mol. The van der Waals surface area contributed by atoms with Crippen LogP contribution in [0.2, 0.25) is 0 Å². The number of nitrogens with zero attached hydrogens (tertiary/aromatic N) is 1. The van der Waals surface area contributed by atoms with Crippen LogP contribution in [0.3, 0.4) is 0 Å². The molecule has 0 aliphatic carbocycles. The molecular weight excluding hydrogens is 298 g/mol. The van der Waals surface area contributed by atoms with E-state index < -0.39 is 10.4 Å². The first-order valence-corrected chi connectivity index (χ1v) is 8.52. The SMILES string of the molecule is CC[N+](CC)(CCOC(=O)C(C)C)CCOS(=O)(=O)OC.